The molecule has 0 bridgehead atoms. The standard InChI is InChI=1S/C18H18ClN5O/c19-15-3-1-2-12-4-5-13(21-18(12)15)9-23-7-6-17-16(10-23)24-14(11-25-17)8-20-22-24/h1-5,8,16-17H,6-7,9-11H2. The predicted octanol–water partition coefficient (Wildman–Crippen LogP) is 2.83. The second-order valence-corrected chi connectivity index (χ2v) is 7.13. The first-order valence-electron chi connectivity index (χ1n) is 8.55. The summed E-state index contributed by atoms with van der Waals surface area (Å²) in [6.07, 6.45) is 3.02. The van der Waals surface area contributed by atoms with Crippen LogP contribution in [-0.4, -0.2) is 44.1 Å². The van der Waals surface area contributed by atoms with E-state index in [-0.39, 0.29) is 12.1 Å². The molecule has 6 nitrogen and oxygen atoms in total. The van der Waals surface area contributed by atoms with Crippen molar-refractivity contribution in [2.45, 2.75) is 31.7 Å². The van der Waals surface area contributed by atoms with Crippen LogP contribution in [0.25, 0.3) is 10.9 Å². The second-order valence-electron chi connectivity index (χ2n) is 6.72. The Labute approximate surface area is 150 Å². The summed E-state index contributed by atoms with van der Waals surface area (Å²) in [5.41, 5.74) is 2.96. The molecule has 0 radical (unpaired) electrons. The second kappa shape index (κ2) is 6.05. The van der Waals surface area contributed by atoms with Crippen LogP contribution in [0.2, 0.25) is 5.02 Å². The van der Waals surface area contributed by atoms with E-state index in [1.807, 2.05) is 22.9 Å². The van der Waals surface area contributed by atoms with Crippen LogP contribution in [0.15, 0.2) is 36.5 Å². The third-order valence-corrected chi connectivity index (χ3v) is 5.43. The maximum Gasteiger partial charge on any atom is 0.0930 e. The molecule has 1 saturated heterocycles. The van der Waals surface area contributed by atoms with Gasteiger partial charge >= 0.3 is 0 Å². The van der Waals surface area contributed by atoms with Crippen LogP contribution in [-0.2, 0) is 17.9 Å². The van der Waals surface area contributed by atoms with Gasteiger partial charge in [0.05, 0.1) is 46.9 Å². The molecule has 7 heteroatoms. The molecule has 2 unspecified atom stereocenters. The van der Waals surface area contributed by atoms with Gasteiger partial charge in [0.2, 0.25) is 0 Å². The molecule has 1 aromatic carbocycles. The van der Waals surface area contributed by atoms with Crippen molar-refractivity contribution < 1.29 is 4.74 Å². The van der Waals surface area contributed by atoms with Crippen LogP contribution >= 0.6 is 11.6 Å². The first-order valence-corrected chi connectivity index (χ1v) is 8.93. The van der Waals surface area contributed by atoms with E-state index in [4.69, 9.17) is 21.3 Å². The lowest BCUT2D eigenvalue weighted by atomic mass is 10.00. The minimum Gasteiger partial charge on any atom is -0.370 e. The number of halogens is 1. The van der Waals surface area contributed by atoms with Gasteiger partial charge in [-0.25, -0.2) is 9.67 Å². The fraction of sp³-hybridized carbons (Fsp3) is 0.389. The molecule has 2 atom stereocenters. The third kappa shape index (κ3) is 2.70. The minimum atomic E-state index is 0.226. The van der Waals surface area contributed by atoms with Crippen molar-refractivity contribution in [1.29, 1.82) is 0 Å². The summed E-state index contributed by atoms with van der Waals surface area (Å²) < 4.78 is 8.01. The van der Waals surface area contributed by atoms with Gasteiger partial charge in [0.25, 0.3) is 0 Å². The van der Waals surface area contributed by atoms with Crippen molar-refractivity contribution in [1.82, 2.24) is 24.9 Å². The number of para-hydroxylation sites is 1. The first-order chi connectivity index (χ1) is 12.3. The van der Waals surface area contributed by atoms with Crippen LogP contribution in [0.4, 0.5) is 0 Å². The van der Waals surface area contributed by atoms with E-state index in [9.17, 15) is 0 Å². The fourth-order valence-electron chi connectivity index (χ4n) is 3.86. The number of likely N-dealkylation sites (tertiary alicyclic amines) is 1. The molecule has 0 spiro atoms. The summed E-state index contributed by atoms with van der Waals surface area (Å²) in [7, 11) is 0. The number of fused-ring (bicyclic) bond motifs is 4. The zero-order valence-corrected chi connectivity index (χ0v) is 14.4. The van der Waals surface area contributed by atoms with Crippen molar-refractivity contribution in [3.63, 3.8) is 0 Å². The van der Waals surface area contributed by atoms with E-state index in [1.165, 1.54) is 0 Å². The lowest BCUT2D eigenvalue weighted by molar-refractivity contribution is -0.0671. The van der Waals surface area contributed by atoms with Crippen molar-refractivity contribution in [2.75, 3.05) is 13.1 Å². The Bertz CT molecular complexity index is 927. The molecule has 0 aliphatic carbocycles. The predicted molar refractivity (Wildman–Crippen MR) is 94.3 cm³/mol. The molecule has 128 valence electrons. The number of ether oxygens (including phenoxy) is 1. The number of aromatic nitrogens is 4. The average molecular weight is 356 g/mol. The summed E-state index contributed by atoms with van der Waals surface area (Å²) in [5.74, 6) is 0. The van der Waals surface area contributed by atoms with Crippen molar-refractivity contribution >= 4 is 22.5 Å². The Morgan fingerprint density at radius 2 is 2.20 bits per heavy atom. The zero-order valence-electron chi connectivity index (χ0n) is 13.7. The molecule has 5 rings (SSSR count). The number of hydrogen-bond acceptors (Lipinski definition) is 5. The van der Waals surface area contributed by atoms with Gasteiger partial charge in [-0.15, -0.1) is 5.10 Å². The number of benzene rings is 1. The van der Waals surface area contributed by atoms with Crippen molar-refractivity contribution in [3.8, 4) is 0 Å². The summed E-state index contributed by atoms with van der Waals surface area (Å²) >= 11 is 6.30. The highest BCUT2D eigenvalue weighted by Gasteiger charge is 2.36. The Kier molecular flexibility index (Phi) is 3.69. The Hall–Kier alpha value is -2.02. The SMILES string of the molecule is Clc1cccc2ccc(CN3CCC4OCc5cnnn5C4C3)nc12. The average Bonchev–Trinajstić information content (AvgIpc) is 3.12. The van der Waals surface area contributed by atoms with E-state index in [1.54, 1.807) is 6.20 Å². The minimum absolute atomic E-state index is 0.226. The van der Waals surface area contributed by atoms with E-state index < -0.39 is 0 Å². The number of rotatable bonds is 2. The summed E-state index contributed by atoms with van der Waals surface area (Å²) in [6, 6.07) is 10.3. The zero-order chi connectivity index (χ0) is 16.8. The fourth-order valence-corrected chi connectivity index (χ4v) is 4.08. The van der Waals surface area contributed by atoms with Gasteiger partial charge in [-0.05, 0) is 18.6 Å². The lowest BCUT2D eigenvalue weighted by Gasteiger charge is -2.40. The van der Waals surface area contributed by atoms with Crippen LogP contribution in [0.1, 0.15) is 23.9 Å². The smallest absolute Gasteiger partial charge is 0.0930 e. The lowest BCUT2D eigenvalue weighted by Crippen LogP contribution is -2.47. The Morgan fingerprint density at radius 3 is 3.16 bits per heavy atom. The molecule has 0 N–H and O–H groups in total. The largest absolute Gasteiger partial charge is 0.370 e. The van der Waals surface area contributed by atoms with Gasteiger partial charge in [0.15, 0.2) is 0 Å². The van der Waals surface area contributed by atoms with Gasteiger partial charge in [-0.2, -0.15) is 0 Å². The molecule has 0 saturated carbocycles. The third-order valence-electron chi connectivity index (χ3n) is 5.13. The van der Waals surface area contributed by atoms with Gasteiger partial charge in [-0.1, -0.05) is 35.0 Å². The Morgan fingerprint density at radius 1 is 1.24 bits per heavy atom. The summed E-state index contributed by atoms with van der Waals surface area (Å²) in [5, 5.41) is 10.1. The highest BCUT2D eigenvalue weighted by Crippen LogP contribution is 2.30. The van der Waals surface area contributed by atoms with Crippen molar-refractivity contribution in [2.24, 2.45) is 0 Å². The molecule has 2 aliphatic heterocycles. The monoisotopic (exact) mass is 355 g/mol. The number of piperidine rings is 1. The molecule has 3 aromatic rings. The number of hydrogen-bond donors (Lipinski definition) is 0. The summed E-state index contributed by atoms with van der Waals surface area (Å²) in [4.78, 5) is 7.18. The van der Waals surface area contributed by atoms with Crippen LogP contribution in [0.5, 0.6) is 0 Å². The highest BCUT2D eigenvalue weighted by atomic mass is 35.5. The van der Waals surface area contributed by atoms with Crippen LogP contribution in [0.3, 0.4) is 0 Å². The topological polar surface area (TPSA) is 56.1 Å². The van der Waals surface area contributed by atoms with E-state index in [0.29, 0.717) is 11.6 Å². The van der Waals surface area contributed by atoms with Crippen molar-refractivity contribution in [3.05, 3.63) is 52.9 Å². The maximum absolute atomic E-state index is 6.30. The van der Waals surface area contributed by atoms with E-state index in [2.05, 4.69) is 27.3 Å². The van der Waals surface area contributed by atoms with E-state index >= 15 is 0 Å². The number of nitrogens with zero attached hydrogens (tertiary/aromatic N) is 5. The quantitative estimate of drug-likeness (QED) is 0.707. The summed E-state index contributed by atoms with van der Waals surface area (Å²) in [6.45, 7) is 3.30. The van der Waals surface area contributed by atoms with E-state index in [0.717, 1.165) is 48.3 Å². The van der Waals surface area contributed by atoms with Gasteiger partial charge < -0.3 is 4.74 Å². The normalized spacial score (nSPS) is 23.4. The van der Waals surface area contributed by atoms with Gasteiger partial charge in [0.1, 0.15) is 0 Å². The maximum atomic E-state index is 6.30. The molecule has 0 amide bonds. The molecule has 4 heterocycles. The molecular weight excluding hydrogens is 338 g/mol. The van der Waals surface area contributed by atoms with Crippen LogP contribution < -0.4 is 0 Å². The molecular formula is C18H18ClN5O. The molecule has 1 fully saturated rings. The molecule has 2 aromatic heterocycles. The van der Waals surface area contributed by atoms with Gasteiger partial charge in [-0.3, -0.25) is 4.90 Å². The van der Waals surface area contributed by atoms with Gasteiger partial charge in [0, 0.05) is 25.0 Å². The number of pyridine rings is 1. The Balaban J connectivity index is 1.38. The van der Waals surface area contributed by atoms with Crippen LogP contribution in [0, 0.1) is 0 Å². The first kappa shape index (κ1) is 15.3. The molecule has 25 heavy (non-hydrogen) atoms. The molecule has 2 aliphatic rings. The highest BCUT2D eigenvalue weighted by molar-refractivity contribution is 6.35.